The van der Waals surface area contributed by atoms with Gasteiger partial charge in [0.15, 0.2) is 5.78 Å². The van der Waals surface area contributed by atoms with Gasteiger partial charge in [-0.15, -0.1) is 0 Å². The Bertz CT molecular complexity index is 683. The molecular weight excluding hydrogens is 297 g/mol. The molecule has 1 amide bonds. The molecule has 0 aliphatic heterocycles. The fourth-order valence-electron chi connectivity index (χ4n) is 2.12. The lowest BCUT2D eigenvalue weighted by molar-refractivity contribution is -0.116. The molecule has 0 unspecified atom stereocenters. The topological polar surface area (TPSA) is 55.4 Å². The predicted molar refractivity (Wildman–Crippen MR) is 86.2 cm³/mol. The Labute approximate surface area is 134 Å². The van der Waals surface area contributed by atoms with Crippen molar-refractivity contribution in [1.82, 2.24) is 0 Å². The van der Waals surface area contributed by atoms with Crippen LogP contribution in [0, 0.1) is 5.82 Å². The van der Waals surface area contributed by atoms with Gasteiger partial charge in [-0.2, -0.15) is 0 Å². The number of carbonyl (C=O) groups excluding carboxylic acids is 2. The largest absolute Gasteiger partial charge is 0.497 e. The molecule has 0 aliphatic rings. The van der Waals surface area contributed by atoms with E-state index in [1.807, 2.05) is 0 Å². The Hall–Kier alpha value is -2.69. The van der Waals surface area contributed by atoms with Gasteiger partial charge in [0.05, 0.1) is 7.11 Å². The first kappa shape index (κ1) is 16.7. The molecule has 0 aromatic heterocycles. The maximum Gasteiger partial charge on any atom is 0.224 e. The maximum atomic E-state index is 13.0. The minimum absolute atomic E-state index is 0.0220. The summed E-state index contributed by atoms with van der Waals surface area (Å²) in [6, 6.07) is 12.6. The lowest BCUT2D eigenvalue weighted by atomic mass is 10.1. The normalized spacial score (nSPS) is 10.2. The second kappa shape index (κ2) is 8.08. The van der Waals surface area contributed by atoms with Gasteiger partial charge in [-0.25, -0.2) is 4.39 Å². The molecule has 5 heteroatoms. The van der Waals surface area contributed by atoms with E-state index >= 15 is 0 Å². The molecule has 0 bridgehead atoms. The van der Waals surface area contributed by atoms with E-state index in [4.69, 9.17) is 4.74 Å². The number of halogens is 1. The summed E-state index contributed by atoms with van der Waals surface area (Å²) in [4.78, 5) is 23.8. The molecule has 0 saturated carbocycles. The molecule has 0 spiro atoms. The minimum Gasteiger partial charge on any atom is -0.497 e. The van der Waals surface area contributed by atoms with Gasteiger partial charge in [-0.05, 0) is 48.9 Å². The van der Waals surface area contributed by atoms with Crippen LogP contribution in [0.4, 0.5) is 10.1 Å². The van der Waals surface area contributed by atoms with Crippen LogP contribution in [0.2, 0.25) is 0 Å². The van der Waals surface area contributed by atoms with Crippen LogP contribution in [0.1, 0.15) is 29.6 Å². The summed E-state index contributed by atoms with van der Waals surface area (Å²) < 4.78 is 18.0. The molecule has 23 heavy (non-hydrogen) atoms. The first-order chi connectivity index (χ1) is 11.1. The van der Waals surface area contributed by atoms with Crippen molar-refractivity contribution >= 4 is 17.4 Å². The SMILES string of the molecule is COc1ccc(C(=O)CCCC(=O)Nc2cccc(F)c2)cc1. The third kappa shape index (κ3) is 5.21. The number of hydrogen-bond donors (Lipinski definition) is 1. The number of Topliss-reactive ketones (excluding diaryl/α,β-unsaturated/α-hetero) is 1. The lowest BCUT2D eigenvalue weighted by Crippen LogP contribution is -2.12. The van der Waals surface area contributed by atoms with Crippen LogP contribution in [0.15, 0.2) is 48.5 Å². The first-order valence-corrected chi connectivity index (χ1v) is 7.31. The molecule has 2 aromatic carbocycles. The fourth-order valence-corrected chi connectivity index (χ4v) is 2.12. The van der Waals surface area contributed by atoms with Crippen LogP contribution in [-0.2, 0) is 4.79 Å². The third-order valence-corrected chi connectivity index (χ3v) is 3.33. The van der Waals surface area contributed by atoms with Gasteiger partial charge in [0.2, 0.25) is 5.91 Å². The highest BCUT2D eigenvalue weighted by Crippen LogP contribution is 2.14. The Kier molecular flexibility index (Phi) is 5.86. The molecule has 0 atom stereocenters. The zero-order chi connectivity index (χ0) is 16.7. The monoisotopic (exact) mass is 315 g/mol. The number of amides is 1. The van der Waals surface area contributed by atoms with E-state index in [2.05, 4.69) is 5.32 Å². The quantitative estimate of drug-likeness (QED) is 0.790. The number of anilines is 1. The Morgan fingerprint density at radius 3 is 2.48 bits per heavy atom. The second-order valence-electron chi connectivity index (χ2n) is 5.06. The molecule has 4 nitrogen and oxygen atoms in total. The summed E-state index contributed by atoms with van der Waals surface area (Å²) in [5.41, 5.74) is 1.01. The van der Waals surface area contributed by atoms with Gasteiger partial charge in [-0.3, -0.25) is 9.59 Å². The number of ketones is 1. The van der Waals surface area contributed by atoms with Gasteiger partial charge >= 0.3 is 0 Å². The van der Waals surface area contributed by atoms with E-state index in [0.29, 0.717) is 23.4 Å². The van der Waals surface area contributed by atoms with Crippen LogP contribution >= 0.6 is 0 Å². The van der Waals surface area contributed by atoms with Crippen molar-refractivity contribution < 1.29 is 18.7 Å². The summed E-state index contributed by atoms with van der Waals surface area (Å²) in [6.07, 6.45) is 0.924. The number of benzene rings is 2. The van der Waals surface area contributed by atoms with Crippen molar-refractivity contribution in [3.05, 3.63) is 59.9 Å². The van der Waals surface area contributed by atoms with Crippen molar-refractivity contribution in [3.8, 4) is 5.75 Å². The fraction of sp³-hybridized carbons (Fsp3) is 0.222. The molecule has 0 heterocycles. The molecule has 0 aliphatic carbocycles. The molecule has 2 aromatic rings. The lowest BCUT2D eigenvalue weighted by Gasteiger charge is -2.05. The van der Waals surface area contributed by atoms with Gasteiger partial charge in [0.25, 0.3) is 0 Å². The smallest absolute Gasteiger partial charge is 0.224 e. The van der Waals surface area contributed by atoms with Gasteiger partial charge in [-0.1, -0.05) is 6.07 Å². The number of ether oxygens (including phenoxy) is 1. The van der Waals surface area contributed by atoms with Gasteiger partial charge < -0.3 is 10.1 Å². The van der Waals surface area contributed by atoms with Crippen molar-refractivity contribution in [3.63, 3.8) is 0 Å². The molecule has 0 saturated heterocycles. The van der Waals surface area contributed by atoms with Crippen molar-refractivity contribution in [2.45, 2.75) is 19.3 Å². The number of methoxy groups -OCH3 is 1. The number of carbonyl (C=O) groups is 2. The Morgan fingerprint density at radius 2 is 1.83 bits per heavy atom. The zero-order valence-corrected chi connectivity index (χ0v) is 12.8. The third-order valence-electron chi connectivity index (χ3n) is 3.33. The molecule has 0 radical (unpaired) electrons. The van der Waals surface area contributed by atoms with E-state index in [1.54, 1.807) is 37.4 Å². The van der Waals surface area contributed by atoms with Crippen LogP contribution in [0.5, 0.6) is 5.75 Å². The predicted octanol–water partition coefficient (Wildman–Crippen LogP) is 3.83. The molecule has 2 rings (SSSR count). The van der Waals surface area contributed by atoms with Gasteiger partial charge in [0.1, 0.15) is 11.6 Å². The van der Waals surface area contributed by atoms with Crippen molar-refractivity contribution in [2.24, 2.45) is 0 Å². The van der Waals surface area contributed by atoms with Crippen LogP contribution < -0.4 is 10.1 Å². The molecule has 120 valence electrons. The van der Waals surface area contributed by atoms with Gasteiger partial charge in [0, 0.05) is 24.1 Å². The van der Waals surface area contributed by atoms with E-state index in [0.717, 1.165) is 0 Å². The summed E-state index contributed by atoms with van der Waals surface area (Å²) in [5, 5.41) is 2.60. The Morgan fingerprint density at radius 1 is 1.09 bits per heavy atom. The summed E-state index contributed by atoms with van der Waals surface area (Å²) in [6.45, 7) is 0. The molecule has 0 fully saturated rings. The van der Waals surface area contributed by atoms with E-state index in [1.165, 1.54) is 18.2 Å². The summed E-state index contributed by atoms with van der Waals surface area (Å²) in [5.74, 6) is 0.0258. The highest BCUT2D eigenvalue weighted by Gasteiger charge is 2.08. The highest BCUT2D eigenvalue weighted by molar-refractivity contribution is 5.96. The van der Waals surface area contributed by atoms with Crippen LogP contribution in [0.25, 0.3) is 0 Å². The average Bonchev–Trinajstić information content (AvgIpc) is 2.55. The van der Waals surface area contributed by atoms with Crippen LogP contribution in [-0.4, -0.2) is 18.8 Å². The maximum absolute atomic E-state index is 13.0. The standard InChI is InChI=1S/C18H18FNO3/c1-23-16-10-8-13(9-11-16)17(21)6-3-7-18(22)20-15-5-2-4-14(19)12-15/h2,4-5,8-12H,3,6-7H2,1H3,(H,20,22). The number of nitrogens with one attached hydrogen (secondary N) is 1. The number of hydrogen-bond acceptors (Lipinski definition) is 3. The minimum atomic E-state index is -0.405. The number of rotatable bonds is 7. The Balaban J connectivity index is 1.77. The second-order valence-corrected chi connectivity index (χ2v) is 5.06. The van der Waals surface area contributed by atoms with Crippen molar-refractivity contribution in [1.29, 1.82) is 0 Å². The molecule has 1 N–H and O–H groups in total. The molecular formula is C18H18FNO3. The van der Waals surface area contributed by atoms with E-state index in [-0.39, 0.29) is 24.5 Å². The van der Waals surface area contributed by atoms with Crippen molar-refractivity contribution in [2.75, 3.05) is 12.4 Å². The first-order valence-electron chi connectivity index (χ1n) is 7.31. The highest BCUT2D eigenvalue weighted by atomic mass is 19.1. The summed E-state index contributed by atoms with van der Waals surface area (Å²) >= 11 is 0. The van der Waals surface area contributed by atoms with E-state index < -0.39 is 5.82 Å². The van der Waals surface area contributed by atoms with E-state index in [9.17, 15) is 14.0 Å². The zero-order valence-electron chi connectivity index (χ0n) is 12.8. The summed E-state index contributed by atoms with van der Waals surface area (Å²) in [7, 11) is 1.56. The van der Waals surface area contributed by atoms with Crippen LogP contribution in [0.3, 0.4) is 0 Å². The average molecular weight is 315 g/mol.